The number of hydrogen-bond acceptors (Lipinski definition) is 2. The van der Waals surface area contributed by atoms with Gasteiger partial charge in [-0.2, -0.15) is 0 Å². The number of fused-ring (bicyclic) bond motifs is 1. The first kappa shape index (κ1) is 15.5. The summed E-state index contributed by atoms with van der Waals surface area (Å²) in [6.45, 7) is 6.29. The molecular weight excluding hydrogens is 291 g/mol. The molecule has 1 atom stereocenters. The second-order valence-electron chi connectivity index (χ2n) is 6.98. The molecule has 1 amide bonds. The van der Waals surface area contributed by atoms with Crippen LogP contribution < -0.4 is 11.1 Å². The molecule has 3 N–H and O–H groups in total. The lowest BCUT2D eigenvalue weighted by molar-refractivity contribution is 0.1000. The molecular formula is C19H21FN2O. The number of rotatable bonds is 2. The molecule has 1 aliphatic heterocycles. The second kappa shape index (κ2) is 5.37. The fourth-order valence-electron chi connectivity index (χ4n) is 3.40. The second-order valence-corrected chi connectivity index (χ2v) is 6.98. The third-order valence-corrected chi connectivity index (χ3v) is 4.67. The van der Waals surface area contributed by atoms with Gasteiger partial charge in [0.25, 0.3) is 0 Å². The molecule has 1 heterocycles. The van der Waals surface area contributed by atoms with Crippen molar-refractivity contribution in [2.45, 2.75) is 33.2 Å². The monoisotopic (exact) mass is 312 g/mol. The van der Waals surface area contributed by atoms with E-state index in [1.54, 1.807) is 12.1 Å². The van der Waals surface area contributed by atoms with Crippen LogP contribution in [0.15, 0.2) is 36.4 Å². The summed E-state index contributed by atoms with van der Waals surface area (Å²) in [5.41, 5.74) is 9.84. The van der Waals surface area contributed by atoms with Crippen LogP contribution in [-0.2, 0) is 6.42 Å². The smallest absolute Gasteiger partial charge is 0.248 e. The Balaban J connectivity index is 2.05. The molecule has 1 aliphatic rings. The first-order valence-corrected chi connectivity index (χ1v) is 7.73. The predicted molar refractivity (Wildman–Crippen MR) is 89.9 cm³/mol. The fourth-order valence-corrected chi connectivity index (χ4v) is 3.40. The summed E-state index contributed by atoms with van der Waals surface area (Å²) in [5.74, 6) is -0.647. The highest BCUT2D eigenvalue weighted by Gasteiger charge is 2.36. The van der Waals surface area contributed by atoms with Crippen molar-refractivity contribution < 1.29 is 9.18 Å². The van der Waals surface area contributed by atoms with E-state index >= 15 is 0 Å². The van der Waals surface area contributed by atoms with Crippen LogP contribution >= 0.6 is 0 Å². The lowest BCUT2D eigenvalue weighted by Gasteiger charge is -2.42. The normalized spacial score (nSPS) is 18.9. The lowest BCUT2D eigenvalue weighted by atomic mass is 9.72. The number of nitrogens with two attached hydrogens (primary N) is 1. The number of anilines is 1. The van der Waals surface area contributed by atoms with Crippen LogP contribution in [0.25, 0.3) is 0 Å². The van der Waals surface area contributed by atoms with Crippen molar-refractivity contribution in [1.29, 1.82) is 0 Å². The van der Waals surface area contributed by atoms with Gasteiger partial charge in [0.15, 0.2) is 0 Å². The molecule has 0 bridgehead atoms. The number of amides is 1. The van der Waals surface area contributed by atoms with E-state index in [0.29, 0.717) is 5.56 Å². The van der Waals surface area contributed by atoms with E-state index in [0.717, 1.165) is 28.8 Å². The van der Waals surface area contributed by atoms with Crippen molar-refractivity contribution in [2.75, 3.05) is 5.32 Å². The molecule has 3 rings (SSSR count). The summed E-state index contributed by atoms with van der Waals surface area (Å²) in [6.07, 6.45) is 0.789. The van der Waals surface area contributed by atoms with Crippen LogP contribution in [0, 0.1) is 18.2 Å². The standard InChI is InChI=1S/C19H21FN2O/c1-11-4-6-14(20)9-15(11)17-19(2,3)10-13-8-12(18(21)23)5-7-16(13)22-17/h4-9,17,22H,10H2,1-3H3,(H2,21,23). The predicted octanol–water partition coefficient (Wildman–Crippen LogP) is 3.97. The third kappa shape index (κ3) is 2.81. The third-order valence-electron chi connectivity index (χ3n) is 4.67. The molecule has 0 saturated carbocycles. The zero-order chi connectivity index (χ0) is 16.8. The van der Waals surface area contributed by atoms with Crippen molar-refractivity contribution in [2.24, 2.45) is 11.1 Å². The molecule has 2 aromatic rings. The molecule has 0 fully saturated rings. The summed E-state index contributed by atoms with van der Waals surface area (Å²) in [5, 5.41) is 3.52. The molecule has 4 heteroatoms. The number of halogens is 1. The van der Waals surface area contributed by atoms with Gasteiger partial charge in [0.2, 0.25) is 5.91 Å². The van der Waals surface area contributed by atoms with Gasteiger partial charge in [0.1, 0.15) is 5.82 Å². The van der Waals surface area contributed by atoms with Crippen molar-refractivity contribution in [1.82, 2.24) is 0 Å². The van der Waals surface area contributed by atoms with E-state index in [-0.39, 0.29) is 17.3 Å². The number of carbonyl (C=O) groups excluding carboxylic acids is 1. The number of primary amides is 1. The van der Waals surface area contributed by atoms with Crippen molar-refractivity contribution in [3.63, 3.8) is 0 Å². The van der Waals surface area contributed by atoms with E-state index in [9.17, 15) is 9.18 Å². The highest BCUT2D eigenvalue weighted by Crippen LogP contribution is 2.45. The maximum absolute atomic E-state index is 13.7. The SMILES string of the molecule is Cc1ccc(F)cc1C1Nc2ccc(C(N)=O)cc2CC1(C)C. The maximum Gasteiger partial charge on any atom is 0.248 e. The maximum atomic E-state index is 13.7. The van der Waals surface area contributed by atoms with Crippen LogP contribution in [0.3, 0.4) is 0 Å². The molecule has 2 aromatic carbocycles. The van der Waals surface area contributed by atoms with Gasteiger partial charge in [-0.05, 0) is 65.8 Å². The average Bonchev–Trinajstić information content (AvgIpc) is 2.47. The Labute approximate surface area is 135 Å². The zero-order valence-electron chi connectivity index (χ0n) is 13.6. The van der Waals surface area contributed by atoms with Gasteiger partial charge in [-0.25, -0.2) is 4.39 Å². The Kier molecular flexibility index (Phi) is 3.63. The molecule has 0 spiro atoms. The number of benzene rings is 2. The Morgan fingerprint density at radius 1 is 1.26 bits per heavy atom. The zero-order valence-corrected chi connectivity index (χ0v) is 13.6. The largest absolute Gasteiger partial charge is 0.377 e. The van der Waals surface area contributed by atoms with Gasteiger partial charge in [-0.3, -0.25) is 4.79 Å². The van der Waals surface area contributed by atoms with Gasteiger partial charge in [0, 0.05) is 11.3 Å². The first-order valence-electron chi connectivity index (χ1n) is 7.73. The van der Waals surface area contributed by atoms with Crippen molar-refractivity contribution in [3.05, 3.63) is 64.5 Å². The molecule has 0 radical (unpaired) electrons. The molecule has 0 saturated heterocycles. The Bertz CT molecular complexity index is 783. The topological polar surface area (TPSA) is 55.1 Å². The fraction of sp³-hybridized carbons (Fsp3) is 0.316. The van der Waals surface area contributed by atoms with E-state index in [1.165, 1.54) is 6.07 Å². The van der Waals surface area contributed by atoms with Crippen LogP contribution in [0.4, 0.5) is 10.1 Å². The van der Waals surface area contributed by atoms with Gasteiger partial charge >= 0.3 is 0 Å². The van der Waals surface area contributed by atoms with Gasteiger partial charge < -0.3 is 11.1 Å². The number of hydrogen-bond donors (Lipinski definition) is 2. The van der Waals surface area contributed by atoms with Crippen LogP contribution in [0.2, 0.25) is 0 Å². The molecule has 1 unspecified atom stereocenters. The summed E-state index contributed by atoms with van der Waals surface area (Å²) < 4.78 is 13.7. The van der Waals surface area contributed by atoms with Gasteiger partial charge in [-0.15, -0.1) is 0 Å². The van der Waals surface area contributed by atoms with Crippen LogP contribution in [-0.4, -0.2) is 5.91 Å². The average molecular weight is 312 g/mol. The molecule has 0 aromatic heterocycles. The van der Waals surface area contributed by atoms with E-state index < -0.39 is 5.91 Å². The summed E-state index contributed by atoms with van der Waals surface area (Å²) >= 11 is 0. The number of carbonyl (C=O) groups is 1. The van der Waals surface area contributed by atoms with E-state index in [1.807, 2.05) is 25.1 Å². The van der Waals surface area contributed by atoms with Crippen molar-refractivity contribution in [3.8, 4) is 0 Å². The van der Waals surface area contributed by atoms with Gasteiger partial charge in [0.05, 0.1) is 6.04 Å². The van der Waals surface area contributed by atoms with Crippen LogP contribution in [0.5, 0.6) is 0 Å². The minimum Gasteiger partial charge on any atom is -0.377 e. The quantitative estimate of drug-likeness (QED) is 0.881. The molecule has 23 heavy (non-hydrogen) atoms. The Hall–Kier alpha value is -2.36. The molecule has 3 nitrogen and oxygen atoms in total. The van der Waals surface area contributed by atoms with E-state index in [2.05, 4.69) is 19.2 Å². The minimum absolute atomic E-state index is 0.00475. The number of aryl methyl sites for hydroxylation is 1. The minimum atomic E-state index is -0.422. The molecule has 120 valence electrons. The summed E-state index contributed by atoms with van der Waals surface area (Å²) in [4.78, 5) is 11.4. The lowest BCUT2D eigenvalue weighted by Crippen LogP contribution is -2.35. The first-order chi connectivity index (χ1) is 10.8. The van der Waals surface area contributed by atoms with Crippen LogP contribution in [0.1, 0.15) is 46.9 Å². The summed E-state index contributed by atoms with van der Waals surface area (Å²) in [6, 6.07) is 10.4. The Morgan fingerprint density at radius 2 is 2.00 bits per heavy atom. The van der Waals surface area contributed by atoms with Gasteiger partial charge in [-0.1, -0.05) is 19.9 Å². The highest BCUT2D eigenvalue weighted by molar-refractivity contribution is 5.93. The van der Waals surface area contributed by atoms with Crippen molar-refractivity contribution >= 4 is 11.6 Å². The summed E-state index contributed by atoms with van der Waals surface area (Å²) in [7, 11) is 0. The highest BCUT2D eigenvalue weighted by atomic mass is 19.1. The molecule has 0 aliphatic carbocycles. The Morgan fingerprint density at radius 3 is 2.70 bits per heavy atom. The van der Waals surface area contributed by atoms with E-state index in [4.69, 9.17) is 5.73 Å². The number of nitrogens with one attached hydrogen (secondary N) is 1.